The van der Waals surface area contributed by atoms with Crippen molar-refractivity contribution in [3.05, 3.63) is 30.1 Å². The van der Waals surface area contributed by atoms with E-state index in [2.05, 4.69) is 17.2 Å². The SMILES string of the molecule is CC(CCO)NCCc1ccccn1. The van der Waals surface area contributed by atoms with Gasteiger partial charge in [-0.05, 0) is 25.5 Å². The molecule has 0 radical (unpaired) electrons. The maximum absolute atomic E-state index is 8.70. The van der Waals surface area contributed by atoms with E-state index in [-0.39, 0.29) is 6.61 Å². The highest BCUT2D eigenvalue weighted by Gasteiger charge is 1.99. The van der Waals surface area contributed by atoms with Crippen molar-refractivity contribution in [2.75, 3.05) is 13.2 Å². The van der Waals surface area contributed by atoms with Crippen LogP contribution in [0.4, 0.5) is 0 Å². The van der Waals surface area contributed by atoms with Gasteiger partial charge in [-0.2, -0.15) is 0 Å². The second-order valence-corrected chi connectivity index (χ2v) is 3.44. The zero-order chi connectivity index (χ0) is 10.2. The standard InChI is InChI=1S/C11H18N2O/c1-10(6-9-14)12-8-5-11-4-2-3-7-13-11/h2-4,7,10,12,14H,5-6,8-9H2,1H3. The van der Waals surface area contributed by atoms with Crippen LogP contribution < -0.4 is 5.32 Å². The van der Waals surface area contributed by atoms with E-state index in [0.29, 0.717) is 6.04 Å². The average molecular weight is 194 g/mol. The number of aromatic nitrogens is 1. The number of hydrogen-bond acceptors (Lipinski definition) is 3. The van der Waals surface area contributed by atoms with Crippen LogP contribution in [0.25, 0.3) is 0 Å². The third-order valence-electron chi connectivity index (χ3n) is 2.16. The summed E-state index contributed by atoms with van der Waals surface area (Å²) in [5.74, 6) is 0. The normalized spacial score (nSPS) is 12.7. The van der Waals surface area contributed by atoms with Gasteiger partial charge in [-0.1, -0.05) is 6.07 Å². The molecule has 1 aromatic heterocycles. The smallest absolute Gasteiger partial charge is 0.0445 e. The highest BCUT2D eigenvalue weighted by Crippen LogP contribution is 1.94. The second kappa shape index (κ2) is 6.51. The molecule has 14 heavy (non-hydrogen) atoms. The van der Waals surface area contributed by atoms with Gasteiger partial charge in [0.1, 0.15) is 0 Å². The molecule has 0 amide bonds. The van der Waals surface area contributed by atoms with Gasteiger partial charge in [-0.15, -0.1) is 0 Å². The first-order chi connectivity index (χ1) is 6.83. The topological polar surface area (TPSA) is 45.1 Å². The van der Waals surface area contributed by atoms with Crippen molar-refractivity contribution in [1.82, 2.24) is 10.3 Å². The predicted octanol–water partition coefficient (Wildman–Crippen LogP) is 0.985. The number of rotatable bonds is 6. The number of aliphatic hydroxyl groups is 1. The lowest BCUT2D eigenvalue weighted by molar-refractivity contribution is 0.269. The van der Waals surface area contributed by atoms with Gasteiger partial charge in [0.15, 0.2) is 0 Å². The molecule has 0 fully saturated rings. The summed E-state index contributed by atoms with van der Waals surface area (Å²) in [6, 6.07) is 6.33. The van der Waals surface area contributed by atoms with Crippen LogP contribution >= 0.6 is 0 Å². The third kappa shape index (κ3) is 4.35. The Hall–Kier alpha value is -0.930. The van der Waals surface area contributed by atoms with Crippen LogP contribution in [0.5, 0.6) is 0 Å². The fourth-order valence-electron chi connectivity index (χ4n) is 1.29. The first kappa shape index (κ1) is 11.1. The van der Waals surface area contributed by atoms with E-state index < -0.39 is 0 Å². The fourth-order valence-corrected chi connectivity index (χ4v) is 1.29. The van der Waals surface area contributed by atoms with Crippen molar-refractivity contribution in [3.63, 3.8) is 0 Å². The molecule has 0 bridgehead atoms. The molecule has 3 nitrogen and oxygen atoms in total. The lowest BCUT2D eigenvalue weighted by atomic mass is 10.2. The average Bonchev–Trinajstić information content (AvgIpc) is 2.20. The Morgan fingerprint density at radius 2 is 2.36 bits per heavy atom. The zero-order valence-electron chi connectivity index (χ0n) is 8.61. The lowest BCUT2D eigenvalue weighted by Gasteiger charge is -2.11. The van der Waals surface area contributed by atoms with E-state index in [0.717, 1.165) is 25.1 Å². The van der Waals surface area contributed by atoms with Gasteiger partial charge in [-0.3, -0.25) is 4.98 Å². The maximum Gasteiger partial charge on any atom is 0.0445 e. The molecule has 0 aromatic carbocycles. The summed E-state index contributed by atoms with van der Waals surface area (Å²) in [4.78, 5) is 4.23. The second-order valence-electron chi connectivity index (χ2n) is 3.44. The van der Waals surface area contributed by atoms with E-state index in [1.807, 2.05) is 24.4 Å². The molecule has 0 saturated heterocycles. The number of pyridine rings is 1. The number of nitrogens with zero attached hydrogens (tertiary/aromatic N) is 1. The molecule has 2 N–H and O–H groups in total. The minimum Gasteiger partial charge on any atom is -0.396 e. The van der Waals surface area contributed by atoms with Gasteiger partial charge >= 0.3 is 0 Å². The highest BCUT2D eigenvalue weighted by molar-refractivity contribution is 5.03. The summed E-state index contributed by atoms with van der Waals surface area (Å²) < 4.78 is 0. The summed E-state index contributed by atoms with van der Waals surface area (Å²) in [6.07, 6.45) is 3.56. The van der Waals surface area contributed by atoms with Crippen LogP contribution in [0.1, 0.15) is 19.0 Å². The molecule has 0 spiro atoms. The Bertz CT molecular complexity index is 238. The molecule has 1 atom stereocenters. The number of hydrogen-bond donors (Lipinski definition) is 2. The number of aliphatic hydroxyl groups excluding tert-OH is 1. The Labute approximate surface area is 85.2 Å². The maximum atomic E-state index is 8.70. The summed E-state index contributed by atoms with van der Waals surface area (Å²) in [5, 5.41) is 12.0. The minimum absolute atomic E-state index is 0.248. The molecule has 3 heteroatoms. The van der Waals surface area contributed by atoms with Gasteiger partial charge in [0.25, 0.3) is 0 Å². The van der Waals surface area contributed by atoms with Gasteiger partial charge < -0.3 is 10.4 Å². The lowest BCUT2D eigenvalue weighted by Crippen LogP contribution is -2.29. The first-order valence-corrected chi connectivity index (χ1v) is 5.07. The summed E-state index contributed by atoms with van der Waals surface area (Å²) >= 11 is 0. The van der Waals surface area contributed by atoms with Crippen LogP contribution in [0.15, 0.2) is 24.4 Å². The highest BCUT2D eigenvalue weighted by atomic mass is 16.3. The molecular weight excluding hydrogens is 176 g/mol. The fraction of sp³-hybridized carbons (Fsp3) is 0.545. The van der Waals surface area contributed by atoms with Gasteiger partial charge in [0.2, 0.25) is 0 Å². The van der Waals surface area contributed by atoms with E-state index in [9.17, 15) is 0 Å². The molecule has 1 heterocycles. The largest absolute Gasteiger partial charge is 0.396 e. The summed E-state index contributed by atoms with van der Waals surface area (Å²) in [5.41, 5.74) is 1.11. The molecule has 0 saturated carbocycles. The third-order valence-corrected chi connectivity index (χ3v) is 2.16. The van der Waals surface area contributed by atoms with E-state index in [1.54, 1.807) is 0 Å². The monoisotopic (exact) mass is 194 g/mol. The zero-order valence-corrected chi connectivity index (χ0v) is 8.61. The predicted molar refractivity (Wildman–Crippen MR) is 57.1 cm³/mol. The van der Waals surface area contributed by atoms with Crippen molar-refractivity contribution < 1.29 is 5.11 Å². The molecule has 1 aromatic rings. The molecule has 78 valence electrons. The molecule has 0 aliphatic carbocycles. The van der Waals surface area contributed by atoms with Crippen molar-refractivity contribution in [1.29, 1.82) is 0 Å². The van der Waals surface area contributed by atoms with E-state index in [4.69, 9.17) is 5.11 Å². The Morgan fingerprint density at radius 1 is 1.50 bits per heavy atom. The quantitative estimate of drug-likeness (QED) is 0.709. The molecule has 0 aliphatic heterocycles. The molecular formula is C11H18N2O. The van der Waals surface area contributed by atoms with Crippen LogP contribution in [0, 0.1) is 0 Å². The Morgan fingerprint density at radius 3 is 3.00 bits per heavy atom. The first-order valence-electron chi connectivity index (χ1n) is 5.07. The van der Waals surface area contributed by atoms with Gasteiger partial charge in [-0.25, -0.2) is 0 Å². The molecule has 1 rings (SSSR count). The van der Waals surface area contributed by atoms with Gasteiger partial charge in [0.05, 0.1) is 0 Å². The Kier molecular flexibility index (Phi) is 5.19. The minimum atomic E-state index is 0.248. The molecule has 1 unspecified atom stereocenters. The van der Waals surface area contributed by atoms with Crippen molar-refractivity contribution in [2.45, 2.75) is 25.8 Å². The van der Waals surface area contributed by atoms with Crippen LogP contribution in [0.2, 0.25) is 0 Å². The summed E-state index contributed by atoms with van der Waals surface area (Å²) in [6.45, 7) is 3.24. The number of nitrogens with one attached hydrogen (secondary N) is 1. The van der Waals surface area contributed by atoms with Crippen LogP contribution in [-0.2, 0) is 6.42 Å². The van der Waals surface area contributed by atoms with Crippen molar-refractivity contribution in [3.8, 4) is 0 Å². The summed E-state index contributed by atoms with van der Waals surface area (Å²) in [7, 11) is 0. The van der Waals surface area contributed by atoms with Crippen molar-refractivity contribution in [2.24, 2.45) is 0 Å². The Balaban J connectivity index is 2.16. The van der Waals surface area contributed by atoms with E-state index >= 15 is 0 Å². The molecule has 0 aliphatic rings. The van der Waals surface area contributed by atoms with Crippen molar-refractivity contribution >= 4 is 0 Å². The van der Waals surface area contributed by atoms with Gasteiger partial charge in [0, 0.05) is 37.5 Å². The van der Waals surface area contributed by atoms with Crippen LogP contribution in [-0.4, -0.2) is 29.3 Å². The van der Waals surface area contributed by atoms with E-state index in [1.165, 1.54) is 0 Å². The van der Waals surface area contributed by atoms with Crippen LogP contribution in [0.3, 0.4) is 0 Å².